The first kappa shape index (κ1) is 16.6. The largest absolute Gasteiger partial charge is 0.495 e. The molecule has 2 N–H and O–H groups in total. The topological polar surface area (TPSA) is 84.8 Å². The number of nitrogens with two attached hydrogens (primary N) is 1. The zero-order valence-corrected chi connectivity index (χ0v) is 14.7. The van der Waals surface area contributed by atoms with Crippen LogP contribution < -0.4 is 10.5 Å². The molecule has 130 valence electrons. The minimum absolute atomic E-state index is 0.467. The van der Waals surface area contributed by atoms with E-state index in [1.54, 1.807) is 37.7 Å². The van der Waals surface area contributed by atoms with Crippen LogP contribution >= 0.6 is 0 Å². The quantitative estimate of drug-likeness (QED) is 0.590. The molecular weight excluding hydrogens is 336 g/mol. The third-order valence-electron chi connectivity index (χ3n) is 4.47. The summed E-state index contributed by atoms with van der Waals surface area (Å²) in [7, 11) is 1.65. The molecule has 4 aromatic rings. The number of pyridine rings is 2. The molecule has 0 amide bonds. The fourth-order valence-electron chi connectivity index (χ4n) is 3.15. The number of nitriles is 1. The van der Waals surface area contributed by atoms with Crippen molar-refractivity contribution in [2.24, 2.45) is 0 Å². The summed E-state index contributed by atoms with van der Waals surface area (Å²) in [6, 6.07) is 19.2. The van der Waals surface area contributed by atoms with Crippen molar-refractivity contribution in [3.63, 3.8) is 0 Å². The zero-order valence-electron chi connectivity index (χ0n) is 14.7. The monoisotopic (exact) mass is 352 g/mol. The SMILES string of the molecule is COc1c(-c2ccc(N)nc2)cnc2c(-c3ccc(C#N)cc3)cccc12. The summed E-state index contributed by atoms with van der Waals surface area (Å²) in [6.07, 6.45) is 3.51. The van der Waals surface area contributed by atoms with Crippen molar-refractivity contribution in [1.82, 2.24) is 9.97 Å². The average Bonchev–Trinajstić information content (AvgIpc) is 2.73. The first-order valence-electron chi connectivity index (χ1n) is 8.39. The third kappa shape index (κ3) is 2.94. The number of benzene rings is 2. The second-order valence-electron chi connectivity index (χ2n) is 6.07. The van der Waals surface area contributed by atoms with Crippen molar-refractivity contribution in [2.75, 3.05) is 12.8 Å². The van der Waals surface area contributed by atoms with Crippen LogP contribution in [0.15, 0.2) is 67.0 Å². The highest BCUT2D eigenvalue weighted by Gasteiger charge is 2.14. The van der Waals surface area contributed by atoms with Crippen LogP contribution in [-0.4, -0.2) is 17.1 Å². The number of rotatable bonds is 3. The minimum Gasteiger partial charge on any atom is -0.495 e. The Kier molecular flexibility index (Phi) is 4.15. The van der Waals surface area contributed by atoms with Crippen molar-refractivity contribution in [3.8, 4) is 34.1 Å². The average molecular weight is 352 g/mol. The van der Waals surface area contributed by atoms with Gasteiger partial charge in [0.05, 0.1) is 24.3 Å². The Hall–Kier alpha value is -3.91. The molecule has 0 aliphatic carbocycles. The van der Waals surface area contributed by atoms with E-state index in [0.29, 0.717) is 11.4 Å². The summed E-state index contributed by atoms with van der Waals surface area (Å²) in [5.74, 6) is 1.21. The lowest BCUT2D eigenvalue weighted by Gasteiger charge is -2.14. The van der Waals surface area contributed by atoms with Crippen LogP contribution in [0.1, 0.15) is 5.56 Å². The number of para-hydroxylation sites is 1. The molecule has 0 unspecified atom stereocenters. The summed E-state index contributed by atoms with van der Waals surface area (Å²) in [5, 5.41) is 9.91. The van der Waals surface area contributed by atoms with Crippen LogP contribution in [0.25, 0.3) is 33.2 Å². The minimum atomic E-state index is 0.467. The van der Waals surface area contributed by atoms with Crippen LogP contribution in [0.5, 0.6) is 5.75 Å². The summed E-state index contributed by atoms with van der Waals surface area (Å²) in [4.78, 5) is 8.86. The van der Waals surface area contributed by atoms with E-state index in [0.717, 1.165) is 38.9 Å². The number of ether oxygens (including phenoxy) is 1. The van der Waals surface area contributed by atoms with Gasteiger partial charge in [0.15, 0.2) is 0 Å². The first-order chi connectivity index (χ1) is 13.2. The number of hydrogen-bond donors (Lipinski definition) is 1. The second kappa shape index (κ2) is 6.77. The van der Waals surface area contributed by atoms with Crippen molar-refractivity contribution in [1.29, 1.82) is 5.26 Å². The van der Waals surface area contributed by atoms with E-state index in [2.05, 4.69) is 11.1 Å². The molecule has 0 saturated heterocycles. The first-order valence-corrected chi connectivity index (χ1v) is 8.39. The molecule has 27 heavy (non-hydrogen) atoms. The van der Waals surface area contributed by atoms with Gasteiger partial charge in [-0.25, -0.2) is 4.98 Å². The summed E-state index contributed by atoms with van der Waals surface area (Å²) in [6.45, 7) is 0. The molecule has 0 saturated carbocycles. The highest BCUT2D eigenvalue weighted by atomic mass is 16.5. The van der Waals surface area contributed by atoms with Gasteiger partial charge >= 0.3 is 0 Å². The lowest BCUT2D eigenvalue weighted by Crippen LogP contribution is -1.95. The molecular formula is C22H16N4O. The third-order valence-corrected chi connectivity index (χ3v) is 4.47. The maximum Gasteiger partial charge on any atom is 0.137 e. The predicted octanol–water partition coefficient (Wildman–Crippen LogP) is 4.43. The smallest absolute Gasteiger partial charge is 0.137 e. The molecule has 5 nitrogen and oxygen atoms in total. The van der Waals surface area contributed by atoms with Crippen LogP contribution in [0.3, 0.4) is 0 Å². The fraction of sp³-hybridized carbons (Fsp3) is 0.0455. The number of nitrogen functional groups attached to an aromatic ring is 1. The van der Waals surface area contributed by atoms with E-state index in [1.807, 2.05) is 36.4 Å². The number of methoxy groups -OCH3 is 1. The molecule has 0 fully saturated rings. The van der Waals surface area contributed by atoms with Gasteiger partial charge in [0.2, 0.25) is 0 Å². The summed E-state index contributed by atoms with van der Waals surface area (Å²) >= 11 is 0. The molecule has 2 aromatic carbocycles. The van der Waals surface area contributed by atoms with Crippen molar-refractivity contribution < 1.29 is 4.74 Å². The van der Waals surface area contributed by atoms with Gasteiger partial charge in [-0.2, -0.15) is 5.26 Å². The Labute approximate surface area is 156 Å². The Bertz CT molecular complexity index is 1160. The Morgan fingerprint density at radius 3 is 2.33 bits per heavy atom. The van der Waals surface area contributed by atoms with E-state index in [1.165, 1.54) is 0 Å². The van der Waals surface area contributed by atoms with Gasteiger partial charge in [-0.15, -0.1) is 0 Å². The van der Waals surface area contributed by atoms with Crippen LogP contribution in [0, 0.1) is 11.3 Å². The number of fused-ring (bicyclic) bond motifs is 1. The van der Waals surface area contributed by atoms with Crippen LogP contribution in [0.2, 0.25) is 0 Å². The Morgan fingerprint density at radius 1 is 0.889 bits per heavy atom. The fourth-order valence-corrected chi connectivity index (χ4v) is 3.15. The number of anilines is 1. The van der Waals surface area contributed by atoms with Gasteiger partial charge < -0.3 is 10.5 Å². The molecule has 0 spiro atoms. The van der Waals surface area contributed by atoms with E-state index in [9.17, 15) is 0 Å². The van der Waals surface area contributed by atoms with Crippen molar-refractivity contribution in [3.05, 3.63) is 72.6 Å². The van der Waals surface area contributed by atoms with E-state index in [-0.39, 0.29) is 0 Å². The molecule has 5 heteroatoms. The maximum atomic E-state index is 9.00. The molecule has 0 aliphatic heterocycles. The van der Waals surface area contributed by atoms with Crippen molar-refractivity contribution >= 4 is 16.7 Å². The Balaban J connectivity index is 1.92. The lowest BCUT2D eigenvalue weighted by atomic mass is 9.98. The zero-order chi connectivity index (χ0) is 18.8. The predicted molar refractivity (Wildman–Crippen MR) is 106 cm³/mol. The molecule has 2 aromatic heterocycles. The Morgan fingerprint density at radius 2 is 1.67 bits per heavy atom. The van der Waals surface area contributed by atoms with Crippen LogP contribution in [-0.2, 0) is 0 Å². The molecule has 4 rings (SSSR count). The van der Waals surface area contributed by atoms with E-state index < -0.39 is 0 Å². The van der Waals surface area contributed by atoms with Crippen molar-refractivity contribution in [2.45, 2.75) is 0 Å². The molecule has 2 heterocycles. The van der Waals surface area contributed by atoms with E-state index in [4.69, 9.17) is 20.7 Å². The van der Waals surface area contributed by atoms with Gasteiger partial charge in [0, 0.05) is 34.5 Å². The number of aromatic nitrogens is 2. The van der Waals surface area contributed by atoms with E-state index >= 15 is 0 Å². The lowest BCUT2D eigenvalue weighted by molar-refractivity contribution is 0.421. The highest BCUT2D eigenvalue weighted by Crippen LogP contribution is 2.38. The highest BCUT2D eigenvalue weighted by molar-refractivity contribution is 6.00. The summed E-state index contributed by atoms with van der Waals surface area (Å²) in [5.41, 5.74) is 10.9. The second-order valence-corrected chi connectivity index (χ2v) is 6.07. The standard InChI is InChI=1S/C22H16N4O/c1-27-22-18-4-2-3-17(15-7-5-14(11-23)6-8-15)21(18)26-13-19(22)16-9-10-20(24)25-12-16/h2-10,12-13H,1H3,(H2,24,25). The van der Waals surface area contributed by atoms with Gasteiger partial charge in [-0.3, -0.25) is 4.98 Å². The molecule has 0 atom stereocenters. The number of hydrogen-bond acceptors (Lipinski definition) is 5. The molecule has 0 bridgehead atoms. The normalized spacial score (nSPS) is 10.5. The van der Waals surface area contributed by atoms with Crippen LogP contribution in [0.4, 0.5) is 5.82 Å². The van der Waals surface area contributed by atoms with Gasteiger partial charge in [0.1, 0.15) is 11.6 Å². The van der Waals surface area contributed by atoms with Gasteiger partial charge in [-0.05, 0) is 35.9 Å². The summed E-state index contributed by atoms with van der Waals surface area (Å²) < 4.78 is 5.73. The number of nitrogens with zero attached hydrogens (tertiary/aromatic N) is 3. The molecule has 0 radical (unpaired) electrons. The molecule has 0 aliphatic rings. The van der Waals surface area contributed by atoms with Gasteiger partial charge in [0.25, 0.3) is 0 Å². The maximum absolute atomic E-state index is 9.00. The van der Waals surface area contributed by atoms with Gasteiger partial charge in [-0.1, -0.05) is 24.3 Å².